The van der Waals surface area contributed by atoms with Gasteiger partial charge in [-0.05, 0) is 80.7 Å². The Morgan fingerprint density at radius 2 is 1.66 bits per heavy atom. The molecule has 5 atom stereocenters. The van der Waals surface area contributed by atoms with E-state index in [-0.39, 0.29) is 43.0 Å². The fraction of sp³-hybridized carbons (Fsp3) is 0.500. The number of aliphatic hydroxyl groups excluding tert-OH is 1. The molecule has 2 saturated heterocycles. The first kappa shape index (κ1) is 24.1. The number of aryl methyl sites for hydroxylation is 1. The summed E-state index contributed by atoms with van der Waals surface area (Å²) in [6.07, 6.45) is 6.93. The molecule has 2 aromatic carbocycles. The van der Waals surface area contributed by atoms with Gasteiger partial charge < -0.3 is 19.9 Å². The van der Waals surface area contributed by atoms with E-state index < -0.39 is 0 Å². The van der Waals surface area contributed by atoms with Gasteiger partial charge in [0.25, 0.3) is 0 Å². The van der Waals surface area contributed by atoms with E-state index in [1.54, 1.807) is 0 Å². The zero-order valence-corrected chi connectivity index (χ0v) is 20.2. The molecule has 2 N–H and O–H groups in total. The number of carbonyl (C=O) groups is 1. The molecule has 5 heteroatoms. The number of amides is 1. The normalized spacial score (nSPS) is 27.9. The van der Waals surface area contributed by atoms with Crippen molar-refractivity contribution in [2.45, 2.75) is 81.8 Å². The molecule has 1 aliphatic carbocycles. The number of benzene rings is 2. The number of fused-ring (bicyclic) bond motifs is 1. The first-order chi connectivity index (χ1) is 17.2. The smallest absolute Gasteiger partial charge is 0.220 e. The summed E-state index contributed by atoms with van der Waals surface area (Å²) in [4.78, 5) is 12.6. The summed E-state index contributed by atoms with van der Waals surface area (Å²) in [7, 11) is 0. The molecule has 0 radical (unpaired) electrons. The summed E-state index contributed by atoms with van der Waals surface area (Å²) in [6.45, 7) is 0.0388. The van der Waals surface area contributed by atoms with Crippen LogP contribution in [-0.2, 0) is 20.7 Å². The second-order valence-corrected chi connectivity index (χ2v) is 10.2. The van der Waals surface area contributed by atoms with E-state index in [0.29, 0.717) is 12.3 Å². The van der Waals surface area contributed by atoms with Crippen LogP contribution >= 0.6 is 0 Å². The quantitative estimate of drug-likeness (QED) is 0.597. The molecule has 2 heterocycles. The molecular weight excluding hydrogens is 438 g/mol. The van der Waals surface area contributed by atoms with E-state index >= 15 is 0 Å². The van der Waals surface area contributed by atoms with Crippen molar-refractivity contribution in [3.63, 3.8) is 0 Å². The van der Waals surface area contributed by atoms with Crippen molar-refractivity contribution < 1.29 is 19.4 Å². The summed E-state index contributed by atoms with van der Waals surface area (Å²) in [5, 5.41) is 12.8. The van der Waals surface area contributed by atoms with Crippen LogP contribution in [0.3, 0.4) is 0 Å². The van der Waals surface area contributed by atoms with Crippen molar-refractivity contribution >= 4 is 5.91 Å². The Labute approximate surface area is 208 Å². The molecule has 2 aliphatic heterocycles. The highest BCUT2D eigenvalue weighted by Gasteiger charge is 2.42. The molecule has 1 saturated carbocycles. The number of aliphatic hydroxyl groups is 1. The van der Waals surface area contributed by atoms with Crippen LogP contribution in [0.25, 0.3) is 0 Å². The van der Waals surface area contributed by atoms with E-state index in [1.807, 2.05) is 30.3 Å². The predicted octanol–water partition coefficient (Wildman–Crippen LogP) is 4.00. The minimum Gasteiger partial charge on any atom is -0.394 e. The van der Waals surface area contributed by atoms with Crippen molar-refractivity contribution in [3.05, 3.63) is 71.3 Å². The number of carbonyl (C=O) groups excluding carboxylic acids is 1. The van der Waals surface area contributed by atoms with Crippen molar-refractivity contribution in [2.75, 3.05) is 6.61 Å². The lowest BCUT2D eigenvalue weighted by Gasteiger charge is -2.45. The van der Waals surface area contributed by atoms with Gasteiger partial charge in [-0.1, -0.05) is 42.2 Å². The molecule has 1 amide bonds. The molecule has 0 spiro atoms. The standard InChI is InChI=1S/C30H35NO4/c32-20-25-15-17-28-29(34-25)19-26(31-30(33)18-24-12-13-24)27(35-28)16-14-23-10-8-22(9-11-23)7-6-21-4-2-1-3-5-21/h1-5,8-11,24-29,32H,12-20H2,(H,31,33)/t25-,26-,27-,28+,29+/m1/s1. The zero-order chi connectivity index (χ0) is 24.0. The Morgan fingerprint density at radius 1 is 0.914 bits per heavy atom. The molecular formula is C30H35NO4. The number of nitrogens with one attached hydrogen (secondary N) is 1. The van der Waals surface area contributed by atoms with E-state index in [9.17, 15) is 9.90 Å². The third kappa shape index (κ3) is 6.73. The van der Waals surface area contributed by atoms with Crippen LogP contribution in [0, 0.1) is 17.8 Å². The van der Waals surface area contributed by atoms with Gasteiger partial charge in [0, 0.05) is 17.5 Å². The summed E-state index contributed by atoms with van der Waals surface area (Å²) in [5.41, 5.74) is 3.25. The molecule has 0 aromatic heterocycles. The van der Waals surface area contributed by atoms with E-state index in [0.717, 1.165) is 56.1 Å². The lowest BCUT2D eigenvalue weighted by molar-refractivity contribution is -0.202. The summed E-state index contributed by atoms with van der Waals surface area (Å²) in [5.74, 6) is 7.11. The second-order valence-electron chi connectivity index (χ2n) is 10.2. The van der Waals surface area contributed by atoms with E-state index in [2.05, 4.69) is 41.4 Å². The van der Waals surface area contributed by atoms with Gasteiger partial charge in [-0.15, -0.1) is 0 Å². The van der Waals surface area contributed by atoms with Gasteiger partial charge in [0.2, 0.25) is 5.91 Å². The van der Waals surface area contributed by atoms with Crippen molar-refractivity contribution in [3.8, 4) is 11.8 Å². The first-order valence-corrected chi connectivity index (χ1v) is 13.0. The van der Waals surface area contributed by atoms with Gasteiger partial charge in [0.1, 0.15) is 0 Å². The minimum atomic E-state index is -0.122. The van der Waals surface area contributed by atoms with Crippen LogP contribution in [0.2, 0.25) is 0 Å². The fourth-order valence-electron chi connectivity index (χ4n) is 5.16. The minimum absolute atomic E-state index is 0.0359. The second kappa shape index (κ2) is 11.4. The fourth-order valence-corrected chi connectivity index (χ4v) is 5.16. The largest absolute Gasteiger partial charge is 0.394 e. The van der Waals surface area contributed by atoms with Crippen LogP contribution in [0.5, 0.6) is 0 Å². The maximum absolute atomic E-state index is 12.6. The number of rotatable bonds is 7. The van der Waals surface area contributed by atoms with Crippen molar-refractivity contribution in [2.24, 2.45) is 5.92 Å². The molecule has 3 aliphatic rings. The Morgan fingerprint density at radius 3 is 2.37 bits per heavy atom. The highest BCUT2D eigenvalue weighted by molar-refractivity contribution is 5.76. The Kier molecular flexibility index (Phi) is 7.83. The van der Waals surface area contributed by atoms with Gasteiger partial charge in [0.05, 0.1) is 37.1 Å². The summed E-state index contributed by atoms with van der Waals surface area (Å²) >= 11 is 0. The highest BCUT2D eigenvalue weighted by Crippen LogP contribution is 2.35. The average molecular weight is 474 g/mol. The lowest BCUT2D eigenvalue weighted by Crippen LogP contribution is -2.57. The number of hydrogen-bond donors (Lipinski definition) is 2. The summed E-state index contributed by atoms with van der Waals surface area (Å²) < 4.78 is 12.6. The zero-order valence-electron chi connectivity index (χ0n) is 20.2. The topological polar surface area (TPSA) is 67.8 Å². The van der Waals surface area contributed by atoms with E-state index in [4.69, 9.17) is 9.47 Å². The summed E-state index contributed by atoms with van der Waals surface area (Å²) in [6, 6.07) is 18.4. The third-order valence-electron chi connectivity index (χ3n) is 7.36. The molecule has 5 rings (SSSR count). The average Bonchev–Trinajstić information content (AvgIpc) is 3.71. The molecule has 2 aromatic rings. The van der Waals surface area contributed by atoms with Gasteiger partial charge in [-0.2, -0.15) is 0 Å². The molecule has 184 valence electrons. The van der Waals surface area contributed by atoms with Crippen molar-refractivity contribution in [1.29, 1.82) is 0 Å². The lowest BCUT2D eigenvalue weighted by atomic mass is 9.88. The molecule has 35 heavy (non-hydrogen) atoms. The van der Waals surface area contributed by atoms with E-state index in [1.165, 1.54) is 5.56 Å². The SMILES string of the molecule is O=C(CC1CC1)N[C@@H]1C[C@@H]2O[C@@H](CO)CC[C@@H]2O[C@@H]1CCc1ccc(C#Cc2ccccc2)cc1. The maximum Gasteiger partial charge on any atom is 0.220 e. The van der Waals surface area contributed by atoms with Crippen LogP contribution in [0.15, 0.2) is 54.6 Å². The molecule has 0 bridgehead atoms. The van der Waals surface area contributed by atoms with Gasteiger partial charge in [-0.3, -0.25) is 4.79 Å². The maximum atomic E-state index is 12.6. The highest BCUT2D eigenvalue weighted by atomic mass is 16.6. The molecule has 3 fully saturated rings. The van der Waals surface area contributed by atoms with Gasteiger partial charge in [0.15, 0.2) is 0 Å². The Balaban J connectivity index is 1.20. The monoisotopic (exact) mass is 473 g/mol. The van der Waals surface area contributed by atoms with Gasteiger partial charge >= 0.3 is 0 Å². The van der Waals surface area contributed by atoms with Crippen LogP contribution in [0.1, 0.15) is 61.6 Å². The number of ether oxygens (including phenoxy) is 2. The molecule has 0 unspecified atom stereocenters. The van der Waals surface area contributed by atoms with Crippen LogP contribution < -0.4 is 5.32 Å². The number of hydrogen-bond acceptors (Lipinski definition) is 4. The predicted molar refractivity (Wildman–Crippen MR) is 135 cm³/mol. The van der Waals surface area contributed by atoms with Gasteiger partial charge in [-0.25, -0.2) is 0 Å². The molecule has 5 nitrogen and oxygen atoms in total. The Bertz CT molecular complexity index is 1040. The Hall–Kier alpha value is -2.65. The third-order valence-corrected chi connectivity index (χ3v) is 7.36. The first-order valence-electron chi connectivity index (χ1n) is 13.0. The van der Waals surface area contributed by atoms with Crippen LogP contribution in [0.4, 0.5) is 0 Å². The van der Waals surface area contributed by atoms with Crippen LogP contribution in [-0.4, -0.2) is 48.1 Å². The van der Waals surface area contributed by atoms with Crippen molar-refractivity contribution in [1.82, 2.24) is 5.32 Å².